The summed E-state index contributed by atoms with van der Waals surface area (Å²) < 4.78 is 55.4. The Morgan fingerprint density at radius 1 is 0.262 bits per heavy atom. The molecule has 0 radical (unpaired) electrons. The van der Waals surface area contributed by atoms with E-state index in [1.165, 1.54) is 48.5 Å². The lowest BCUT2D eigenvalue weighted by atomic mass is 9.89. The third-order valence-corrected chi connectivity index (χ3v) is 15.0. The van der Waals surface area contributed by atoms with E-state index in [1.54, 1.807) is 133 Å². The van der Waals surface area contributed by atoms with Crippen molar-refractivity contribution < 1.29 is 46.9 Å². The van der Waals surface area contributed by atoms with Gasteiger partial charge in [-0.1, -0.05) is 68.3 Å². The number of carbonyl (C=O) groups is 4. The zero-order valence-electron chi connectivity index (χ0n) is 44.0. The van der Waals surface area contributed by atoms with Crippen molar-refractivity contribution in [2.75, 3.05) is 0 Å². The molecule has 0 fully saturated rings. The molecule has 0 aliphatic carbocycles. The minimum atomic E-state index is -0.465. The number of carbonyl (C=O) groups excluding carboxylic acids is 4. The molecule has 0 aliphatic rings. The van der Waals surface area contributed by atoms with Crippen molar-refractivity contribution in [1.82, 2.24) is 0 Å². The minimum Gasteiger partial charge on any atom is -0.457 e. The average molecular weight is 1230 g/mol. The normalized spacial score (nSPS) is 11.0. The largest absolute Gasteiger partial charge is 0.457 e. The van der Waals surface area contributed by atoms with Crippen molar-refractivity contribution in [2.45, 2.75) is 0 Å². The van der Waals surface area contributed by atoms with Crippen molar-refractivity contribution in [3.8, 4) is 57.1 Å². The molecular weight excluding hydrogens is 1190 g/mol. The van der Waals surface area contributed by atoms with Crippen molar-refractivity contribution in [3.05, 3.63) is 320 Å². The molecule has 0 amide bonds. The summed E-state index contributed by atoms with van der Waals surface area (Å²) in [6.45, 7) is 0. The highest BCUT2D eigenvalue weighted by Gasteiger charge is 2.24. The third kappa shape index (κ3) is 11.9. The van der Waals surface area contributed by atoms with E-state index in [1.807, 2.05) is 72.8 Å². The van der Waals surface area contributed by atoms with Crippen molar-refractivity contribution in [2.24, 2.45) is 0 Å². The second kappa shape index (κ2) is 23.8. The van der Waals surface area contributed by atoms with E-state index < -0.39 is 11.6 Å². The number of ketones is 4. The summed E-state index contributed by atoms with van der Waals surface area (Å²) in [7, 11) is 0. The first kappa shape index (κ1) is 54.4. The molecule has 0 aromatic heterocycles. The molecule has 0 aliphatic heterocycles. The Hall–Kier alpha value is -10.1. The molecule has 8 nitrogen and oxygen atoms in total. The zero-order valence-corrected chi connectivity index (χ0v) is 47.2. The van der Waals surface area contributed by atoms with E-state index in [-0.39, 0.29) is 23.1 Å². The highest BCUT2D eigenvalue weighted by molar-refractivity contribution is 9.10. The van der Waals surface area contributed by atoms with E-state index in [9.17, 15) is 28.0 Å². The molecule has 0 bridgehead atoms. The van der Waals surface area contributed by atoms with Gasteiger partial charge in [-0.3, -0.25) is 19.2 Å². The van der Waals surface area contributed by atoms with Crippen molar-refractivity contribution >= 4 is 76.5 Å². The number of halogens is 4. The lowest BCUT2D eigenvalue weighted by molar-refractivity contribution is 0.103. The topological polar surface area (TPSA) is 105 Å². The van der Waals surface area contributed by atoms with Gasteiger partial charge < -0.3 is 18.9 Å². The molecule has 0 atom stereocenters. The zero-order chi connectivity index (χ0) is 57.8. The number of benzene rings is 12. The van der Waals surface area contributed by atoms with Gasteiger partial charge in [-0.05, 0) is 240 Å². The molecule has 12 heteroatoms. The Bertz CT molecular complexity index is 4190. The number of ether oxygens (including phenoxy) is 4. The van der Waals surface area contributed by atoms with Crippen molar-refractivity contribution in [3.63, 3.8) is 0 Å². The van der Waals surface area contributed by atoms with Crippen molar-refractivity contribution in [1.29, 1.82) is 0 Å². The van der Waals surface area contributed by atoms with Gasteiger partial charge in [0.05, 0.1) is 0 Å². The van der Waals surface area contributed by atoms with E-state index in [0.29, 0.717) is 123 Å². The first-order chi connectivity index (χ1) is 40.8. The smallest absolute Gasteiger partial charge is 0.193 e. The number of hydrogen-bond acceptors (Lipinski definition) is 8. The Morgan fingerprint density at radius 2 is 0.500 bits per heavy atom. The molecular formula is C72H42Br2F2O8. The lowest BCUT2D eigenvalue weighted by Crippen LogP contribution is -2.03. The molecule has 0 unspecified atom stereocenters. The quantitative estimate of drug-likeness (QED) is 0.0830. The molecule has 0 saturated carbocycles. The standard InChI is InChI=1S/C72H42Br2F2O8/c73-53-17-33-59(34-18-53)81-57-25-5-45(6-26-57)69(77)47-9-29-61(30-10-47)83-65-39-15-49-41-51(71(79)43-1-21-55(75)22-2-43)13-37-63(49)67(65)68-64-38-14-52(72(80)44-3-23-56(76)24-4-44)42-50(64)16-40-66(68)84-62-31-11-48(12-32-62)70(78)46-7-27-58(28-8-46)82-60-35-19-54(74)20-36-60/h1-42H. The molecule has 0 heterocycles. The molecule has 406 valence electrons. The van der Waals surface area contributed by atoms with Crippen LogP contribution in [0.3, 0.4) is 0 Å². The van der Waals surface area contributed by atoms with Crippen LogP contribution < -0.4 is 18.9 Å². The summed E-state index contributed by atoms with van der Waals surface area (Å²) >= 11 is 6.87. The molecule has 12 aromatic carbocycles. The van der Waals surface area contributed by atoms with Crippen LogP contribution in [0.15, 0.2) is 264 Å². The van der Waals surface area contributed by atoms with Gasteiger partial charge in [0.1, 0.15) is 57.6 Å². The van der Waals surface area contributed by atoms with Crippen LogP contribution in [0, 0.1) is 11.6 Å². The van der Waals surface area contributed by atoms with Crippen LogP contribution in [0.2, 0.25) is 0 Å². The molecule has 12 aromatic rings. The van der Waals surface area contributed by atoms with Gasteiger partial charge in [-0.25, -0.2) is 8.78 Å². The Labute approximate surface area is 497 Å². The molecule has 12 rings (SSSR count). The second-order valence-electron chi connectivity index (χ2n) is 19.5. The van der Waals surface area contributed by atoms with Gasteiger partial charge in [0, 0.05) is 64.6 Å². The molecule has 0 spiro atoms. The van der Waals surface area contributed by atoms with Crippen LogP contribution >= 0.6 is 31.9 Å². The minimum absolute atomic E-state index is 0.210. The van der Waals surface area contributed by atoms with Gasteiger partial charge in [-0.15, -0.1) is 0 Å². The second-order valence-corrected chi connectivity index (χ2v) is 21.3. The highest BCUT2D eigenvalue weighted by Crippen LogP contribution is 2.48. The summed E-state index contributed by atoms with van der Waals surface area (Å²) in [5.41, 5.74) is 4.21. The van der Waals surface area contributed by atoms with E-state index >= 15 is 0 Å². The first-order valence-corrected chi connectivity index (χ1v) is 27.9. The molecule has 0 N–H and O–H groups in total. The summed E-state index contributed by atoms with van der Waals surface area (Å²) in [6, 6.07) is 70.8. The van der Waals surface area contributed by atoms with E-state index in [2.05, 4.69) is 31.9 Å². The predicted molar refractivity (Wildman–Crippen MR) is 328 cm³/mol. The van der Waals surface area contributed by atoms with Gasteiger partial charge in [0.2, 0.25) is 0 Å². The van der Waals surface area contributed by atoms with E-state index in [0.717, 1.165) is 8.95 Å². The first-order valence-electron chi connectivity index (χ1n) is 26.3. The fourth-order valence-electron chi connectivity index (χ4n) is 9.69. The Kier molecular flexibility index (Phi) is 15.4. The van der Waals surface area contributed by atoms with Gasteiger partial charge >= 0.3 is 0 Å². The van der Waals surface area contributed by atoms with Crippen LogP contribution in [-0.2, 0) is 0 Å². The monoisotopic (exact) mass is 1230 g/mol. The number of rotatable bonds is 17. The fourth-order valence-corrected chi connectivity index (χ4v) is 10.2. The highest BCUT2D eigenvalue weighted by atomic mass is 79.9. The predicted octanol–water partition coefficient (Wildman–Crippen LogP) is 19.6. The fraction of sp³-hybridized carbons (Fsp3) is 0. The maximum Gasteiger partial charge on any atom is 0.193 e. The van der Waals surface area contributed by atoms with Gasteiger partial charge in [-0.2, -0.15) is 0 Å². The van der Waals surface area contributed by atoms with Crippen LogP contribution in [0.1, 0.15) is 63.7 Å². The lowest BCUT2D eigenvalue weighted by Gasteiger charge is -2.20. The Morgan fingerprint density at radius 3 is 0.798 bits per heavy atom. The van der Waals surface area contributed by atoms with Crippen LogP contribution in [0.25, 0.3) is 32.7 Å². The van der Waals surface area contributed by atoms with E-state index in [4.69, 9.17) is 18.9 Å². The summed E-state index contributed by atoms with van der Waals surface area (Å²) in [5.74, 6) is 2.03. The third-order valence-electron chi connectivity index (χ3n) is 14.0. The Balaban J connectivity index is 0.917. The maximum atomic E-state index is 14.0. The van der Waals surface area contributed by atoms with Crippen LogP contribution in [0.4, 0.5) is 8.78 Å². The van der Waals surface area contributed by atoms with Gasteiger partial charge in [0.25, 0.3) is 0 Å². The average Bonchev–Trinajstić information content (AvgIpc) is 1.70. The van der Waals surface area contributed by atoms with Crippen LogP contribution in [-0.4, -0.2) is 23.1 Å². The summed E-state index contributed by atoms with van der Waals surface area (Å²) in [4.78, 5) is 55.5. The van der Waals surface area contributed by atoms with Crippen LogP contribution in [0.5, 0.6) is 46.0 Å². The van der Waals surface area contributed by atoms with Gasteiger partial charge in [0.15, 0.2) is 23.1 Å². The SMILES string of the molecule is O=C(c1ccc(Oc2ccc(Br)cc2)cc1)c1ccc(Oc2ccc3cc(C(=O)c4ccc(F)cc4)ccc3c2-c2c(Oc3ccc(C(=O)c4ccc(Oc5ccc(Br)cc5)cc4)cc3)ccc3cc(C(=O)c4ccc(F)cc4)ccc23)cc1. The molecule has 84 heavy (non-hydrogen) atoms. The number of hydrogen-bond donors (Lipinski definition) is 0. The number of fused-ring (bicyclic) bond motifs is 2. The summed E-state index contributed by atoms with van der Waals surface area (Å²) in [5, 5.41) is 2.61. The summed E-state index contributed by atoms with van der Waals surface area (Å²) in [6.07, 6.45) is 0. The molecule has 0 saturated heterocycles. The maximum absolute atomic E-state index is 14.0.